The summed E-state index contributed by atoms with van der Waals surface area (Å²) < 4.78 is 10.8. The van der Waals surface area contributed by atoms with Crippen LogP contribution in [0.4, 0.5) is 0 Å². The van der Waals surface area contributed by atoms with Gasteiger partial charge < -0.3 is 19.7 Å². The minimum absolute atomic E-state index is 0. The van der Waals surface area contributed by atoms with Crippen molar-refractivity contribution in [3.8, 4) is 11.5 Å². The van der Waals surface area contributed by atoms with Crippen LogP contribution in [0.3, 0.4) is 0 Å². The number of hydrogen-bond donors (Lipinski definition) is 1. The molecule has 2 aliphatic rings. The molecule has 1 atom stereocenters. The van der Waals surface area contributed by atoms with Crippen molar-refractivity contribution >= 4 is 28.3 Å². The summed E-state index contributed by atoms with van der Waals surface area (Å²) in [4.78, 5) is 29.5. The van der Waals surface area contributed by atoms with E-state index in [1.807, 2.05) is 45.0 Å². The van der Waals surface area contributed by atoms with Gasteiger partial charge in [-0.2, -0.15) is 0 Å². The molecule has 1 aromatic carbocycles. The maximum atomic E-state index is 11.9. The van der Waals surface area contributed by atoms with E-state index < -0.39 is 0 Å². The van der Waals surface area contributed by atoms with Gasteiger partial charge in [0.1, 0.15) is 17.5 Å². The van der Waals surface area contributed by atoms with Gasteiger partial charge in [-0.05, 0) is 64.2 Å². The van der Waals surface area contributed by atoms with Crippen LogP contribution < -0.4 is 14.8 Å². The van der Waals surface area contributed by atoms with E-state index >= 15 is 0 Å². The number of pyridine rings is 1. The molecular weight excluding hydrogens is 442 g/mol. The number of nitrogens with zero attached hydrogens (tertiary/aromatic N) is 2. The van der Waals surface area contributed by atoms with E-state index in [1.54, 1.807) is 19.1 Å². The second kappa shape index (κ2) is 11.4. The Kier molecular flexibility index (Phi) is 8.54. The first-order chi connectivity index (χ1) is 16.6. The SMILES string of the molecule is CC(=O)N1CCC[C@H]1C(=O)NC(C)(C)C.COc1ccc2c(OC)cc(C3=CCCC=C3)nc2c1.[HH]. The predicted molar refractivity (Wildman–Crippen MR) is 142 cm³/mol. The van der Waals surface area contributed by atoms with Gasteiger partial charge in [-0.3, -0.25) is 9.59 Å². The molecule has 7 nitrogen and oxygen atoms in total. The third kappa shape index (κ3) is 6.84. The van der Waals surface area contributed by atoms with Gasteiger partial charge >= 0.3 is 0 Å². The number of aromatic nitrogens is 1. The molecule has 0 spiro atoms. The summed E-state index contributed by atoms with van der Waals surface area (Å²) in [6.45, 7) is 8.05. The van der Waals surface area contributed by atoms with Crippen molar-refractivity contribution in [2.45, 2.75) is 65.0 Å². The van der Waals surface area contributed by atoms with Gasteiger partial charge in [-0.1, -0.05) is 18.2 Å². The number of allylic oxidation sites excluding steroid dienone is 4. The number of rotatable bonds is 4. The van der Waals surface area contributed by atoms with E-state index in [4.69, 9.17) is 14.5 Å². The Bertz CT molecular complexity index is 1140. The summed E-state index contributed by atoms with van der Waals surface area (Å²) in [5.74, 6) is 1.60. The summed E-state index contributed by atoms with van der Waals surface area (Å²) in [5, 5.41) is 3.91. The number of fused-ring (bicyclic) bond motifs is 1. The van der Waals surface area contributed by atoms with E-state index in [-0.39, 0.29) is 24.8 Å². The average Bonchev–Trinajstić information content (AvgIpc) is 3.33. The van der Waals surface area contributed by atoms with Crippen molar-refractivity contribution in [3.05, 3.63) is 48.2 Å². The standard InChI is InChI=1S/C17H17NO2.C11H20N2O2.H2/c1-19-13-8-9-14-16(10-13)18-15(11-17(14)20-2)12-6-4-3-5-7-12;1-8(14)13-7-5-6-9(13)10(15)12-11(2,3)4;/h4,6-11H,3,5H2,1-2H3;9H,5-7H2,1-4H3,(H,12,15);1H/t;9-;/m.0./s1. The zero-order chi connectivity index (χ0) is 25.6. The van der Waals surface area contributed by atoms with Crippen molar-refractivity contribution in [3.63, 3.8) is 0 Å². The number of nitrogens with one attached hydrogen (secondary N) is 1. The topological polar surface area (TPSA) is 80.8 Å². The lowest BCUT2D eigenvalue weighted by atomic mass is 10.0. The highest BCUT2D eigenvalue weighted by molar-refractivity contribution is 5.89. The molecule has 190 valence electrons. The second-order valence-corrected chi connectivity index (χ2v) is 9.84. The van der Waals surface area contributed by atoms with Gasteiger partial charge in [0.25, 0.3) is 0 Å². The van der Waals surface area contributed by atoms with Crippen molar-refractivity contribution in [1.29, 1.82) is 0 Å². The maximum absolute atomic E-state index is 11.9. The Morgan fingerprint density at radius 3 is 2.51 bits per heavy atom. The van der Waals surface area contributed by atoms with Crippen molar-refractivity contribution in [2.24, 2.45) is 0 Å². The molecule has 1 aromatic heterocycles. The molecule has 0 unspecified atom stereocenters. The molecule has 0 bridgehead atoms. The molecule has 2 aromatic rings. The summed E-state index contributed by atoms with van der Waals surface area (Å²) in [7, 11) is 3.35. The first-order valence-electron chi connectivity index (χ1n) is 12.1. The molecule has 2 heterocycles. The molecule has 1 aliphatic heterocycles. The van der Waals surface area contributed by atoms with Crippen LogP contribution in [-0.4, -0.2) is 54.0 Å². The predicted octanol–water partition coefficient (Wildman–Crippen LogP) is 5.14. The molecule has 1 saturated heterocycles. The second-order valence-electron chi connectivity index (χ2n) is 9.84. The van der Waals surface area contributed by atoms with Gasteiger partial charge in [0.2, 0.25) is 11.8 Å². The highest BCUT2D eigenvalue weighted by atomic mass is 16.5. The van der Waals surface area contributed by atoms with E-state index in [9.17, 15) is 9.59 Å². The molecule has 0 saturated carbocycles. The van der Waals surface area contributed by atoms with Crippen LogP contribution in [0.2, 0.25) is 0 Å². The maximum Gasteiger partial charge on any atom is 0.243 e. The lowest BCUT2D eigenvalue weighted by Crippen LogP contribution is -2.50. The first kappa shape index (κ1) is 26.3. The smallest absolute Gasteiger partial charge is 0.243 e. The Labute approximate surface area is 209 Å². The van der Waals surface area contributed by atoms with Crippen LogP contribution in [0, 0.1) is 0 Å². The van der Waals surface area contributed by atoms with Crippen LogP contribution in [0.5, 0.6) is 11.5 Å². The Morgan fingerprint density at radius 1 is 1.14 bits per heavy atom. The highest BCUT2D eigenvalue weighted by Crippen LogP contribution is 2.31. The van der Waals surface area contributed by atoms with Gasteiger partial charge in [-0.15, -0.1) is 0 Å². The number of amides is 2. The van der Waals surface area contributed by atoms with E-state index in [0.717, 1.165) is 59.4 Å². The number of methoxy groups -OCH3 is 2. The first-order valence-corrected chi connectivity index (χ1v) is 12.1. The average molecular weight is 482 g/mol. The normalized spacial score (nSPS) is 17.4. The quantitative estimate of drug-likeness (QED) is 0.654. The zero-order valence-corrected chi connectivity index (χ0v) is 21.7. The zero-order valence-electron chi connectivity index (χ0n) is 21.7. The van der Waals surface area contributed by atoms with Gasteiger partial charge in [0.05, 0.1) is 25.4 Å². The van der Waals surface area contributed by atoms with Crippen LogP contribution in [0.25, 0.3) is 16.5 Å². The summed E-state index contributed by atoms with van der Waals surface area (Å²) in [5.41, 5.74) is 2.75. The Balaban J connectivity index is 0.000000258. The van der Waals surface area contributed by atoms with Crippen LogP contribution >= 0.6 is 0 Å². The fourth-order valence-electron chi connectivity index (χ4n) is 4.29. The van der Waals surface area contributed by atoms with Gasteiger partial charge in [-0.25, -0.2) is 4.98 Å². The van der Waals surface area contributed by atoms with Crippen LogP contribution in [0.15, 0.2) is 42.5 Å². The fourth-order valence-corrected chi connectivity index (χ4v) is 4.29. The molecule has 0 radical (unpaired) electrons. The third-order valence-corrected chi connectivity index (χ3v) is 5.95. The molecule has 1 N–H and O–H groups in total. The lowest BCUT2D eigenvalue weighted by Gasteiger charge is -2.27. The number of hydrogen-bond acceptors (Lipinski definition) is 5. The van der Waals surface area contributed by atoms with Crippen molar-refractivity contribution < 1.29 is 20.5 Å². The molecule has 35 heavy (non-hydrogen) atoms. The number of carbonyl (C=O) groups excluding carboxylic acids is 2. The number of benzene rings is 1. The Morgan fingerprint density at radius 2 is 1.91 bits per heavy atom. The number of carbonyl (C=O) groups is 2. The summed E-state index contributed by atoms with van der Waals surface area (Å²) in [6, 6.07) is 7.58. The molecule has 2 amide bonds. The van der Waals surface area contributed by atoms with Crippen LogP contribution in [0.1, 0.15) is 60.5 Å². The number of likely N-dealkylation sites (tertiary alicyclic amines) is 1. The third-order valence-electron chi connectivity index (χ3n) is 5.95. The number of ether oxygens (including phenoxy) is 2. The highest BCUT2D eigenvalue weighted by Gasteiger charge is 2.33. The Hall–Kier alpha value is -3.35. The summed E-state index contributed by atoms with van der Waals surface area (Å²) >= 11 is 0. The molecular formula is C28H39N3O4. The minimum Gasteiger partial charge on any atom is -0.497 e. The fraction of sp³-hybridized carbons (Fsp3) is 0.464. The minimum atomic E-state index is -0.262. The van der Waals surface area contributed by atoms with E-state index in [1.165, 1.54) is 6.92 Å². The lowest BCUT2D eigenvalue weighted by molar-refractivity contribution is -0.137. The molecule has 1 aliphatic carbocycles. The van der Waals surface area contributed by atoms with Gasteiger partial charge in [0.15, 0.2) is 0 Å². The van der Waals surface area contributed by atoms with E-state index in [0.29, 0.717) is 6.54 Å². The summed E-state index contributed by atoms with van der Waals surface area (Å²) in [6.07, 6.45) is 10.4. The largest absolute Gasteiger partial charge is 0.497 e. The van der Waals surface area contributed by atoms with Crippen molar-refractivity contribution in [2.75, 3.05) is 20.8 Å². The molecule has 7 heteroatoms. The van der Waals surface area contributed by atoms with Crippen molar-refractivity contribution in [1.82, 2.24) is 15.2 Å². The monoisotopic (exact) mass is 481 g/mol. The van der Waals surface area contributed by atoms with Gasteiger partial charge in [0, 0.05) is 38.0 Å². The van der Waals surface area contributed by atoms with E-state index in [2.05, 4.69) is 23.5 Å². The molecule has 1 fully saturated rings. The molecule has 4 rings (SSSR count). The van der Waals surface area contributed by atoms with Crippen LogP contribution in [-0.2, 0) is 9.59 Å².